The first-order chi connectivity index (χ1) is 13.7. The highest BCUT2D eigenvalue weighted by molar-refractivity contribution is 5.91. The number of aromatic nitrogens is 1. The fraction of sp³-hybridized carbons (Fsp3) is 0.318. The third-order valence-corrected chi connectivity index (χ3v) is 5.62. The quantitative estimate of drug-likeness (QED) is 0.677. The summed E-state index contributed by atoms with van der Waals surface area (Å²) >= 11 is 0. The van der Waals surface area contributed by atoms with Gasteiger partial charge < -0.3 is 18.9 Å². The third kappa shape index (κ3) is 2.80. The number of carbonyl (C=O) groups is 1. The van der Waals surface area contributed by atoms with Crippen molar-refractivity contribution in [2.24, 2.45) is 0 Å². The van der Waals surface area contributed by atoms with Gasteiger partial charge in [-0.2, -0.15) is 0 Å². The first-order valence-corrected chi connectivity index (χ1v) is 9.63. The summed E-state index contributed by atoms with van der Waals surface area (Å²) in [4.78, 5) is 14.3. The van der Waals surface area contributed by atoms with E-state index in [4.69, 9.17) is 9.47 Å². The molecule has 28 heavy (non-hydrogen) atoms. The molecule has 0 unspecified atom stereocenters. The Morgan fingerprint density at radius 1 is 1.07 bits per heavy atom. The van der Waals surface area contributed by atoms with Gasteiger partial charge in [0.2, 0.25) is 0 Å². The molecule has 5 nitrogen and oxygen atoms in total. The second-order valence-corrected chi connectivity index (χ2v) is 7.22. The fourth-order valence-electron chi connectivity index (χ4n) is 4.30. The molecule has 0 saturated heterocycles. The van der Waals surface area contributed by atoms with Gasteiger partial charge in [-0.25, -0.2) is 9.18 Å². The van der Waals surface area contributed by atoms with Crippen molar-refractivity contribution in [3.05, 3.63) is 65.1 Å². The van der Waals surface area contributed by atoms with Crippen molar-refractivity contribution in [1.82, 2.24) is 9.47 Å². The van der Waals surface area contributed by atoms with Gasteiger partial charge in [-0.1, -0.05) is 30.3 Å². The smallest absolute Gasteiger partial charge is 0.410 e. The van der Waals surface area contributed by atoms with Crippen molar-refractivity contribution in [1.29, 1.82) is 0 Å². The summed E-state index contributed by atoms with van der Waals surface area (Å²) in [6.07, 6.45) is 0.977. The Kier molecular flexibility index (Phi) is 4.19. The number of hydrogen-bond donors (Lipinski definition) is 0. The number of nitrogens with zero attached hydrogens (tertiary/aromatic N) is 2. The van der Waals surface area contributed by atoms with Crippen LogP contribution in [-0.4, -0.2) is 35.3 Å². The maximum Gasteiger partial charge on any atom is 0.410 e. The van der Waals surface area contributed by atoms with Crippen LogP contribution in [0.1, 0.15) is 16.8 Å². The summed E-state index contributed by atoms with van der Waals surface area (Å²) in [7, 11) is 0. The number of rotatable bonds is 2. The van der Waals surface area contributed by atoms with E-state index in [2.05, 4.69) is 4.57 Å². The minimum atomic E-state index is -0.318. The van der Waals surface area contributed by atoms with Gasteiger partial charge in [-0.3, -0.25) is 0 Å². The van der Waals surface area contributed by atoms with Crippen molar-refractivity contribution in [3.63, 3.8) is 0 Å². The second kappa shape index (κ2) is 6.86. The first-order valence-electron chi connectivity index (χ1n) is 9.63. The normalized spacial score (nSPS) is 15.7. The molecule has 144 valence electrons. The molecule has 0 spiro atoms. The van der Waals surface area contributed by atoms with Crippen LogP contribution in [0.4, 0.5) is 9.18 Å². The van der Waals surface area contributed by atoms with Crippen molar-refractivity contribution in [3.8, 4) is 5.75 Å². The Morgan fingerprint density at radius 2 is 1.89 bits per heavy atom. The maximum absolute atomic E-state index is 14.7. The average molecular weight is 380 g/mol. The number of carbonyl (C=O) groups excluding carboxylic acids is 1. The van der Waals surface area contributed by atoms with Gasteiger partial charge in [0, 0.05) is 30.6 Å². The van der Waals surface area contributed by atoms with Gasteiger partial charge in [-0.05, 0) is 29.7 Å². The molecule has 1 amide bonds. The van der Waals surface area contributed by atoms with Crippen molar-refractivity contribution >= 4 is 17.0 Å². The predicted octanol–water partition coefficient (Wildman–Crippen LogP) is 3.91. The Bertz CT molecular complexity index is 1050. The summed E-state index contributed by atoms with van der Waals surface area (Å²) < 4.78 is 28.0. The molecule has 0 fully saturated rings. The lowest BCUT2D eigenvalue weighted by atomic mass is 10.1. The molecular weight excluding hydrogens is 359 g/mol. The van der Waals surface area contributed by atoms with E-state index in [9.17, 15) is 9.18 Å². The van der Waals surface area contributed by atoms with E-state index in [1.807, 2.05) is 30.3 Å². The number of benzene rings is 2. The van der Waals surface area contributed by atoms with Gasteiger partial charge in [0.25, 0.3) is 0 Å². The molecule has 2 aliphatic heterocycles. The number of halogens is 1. The van der Waals surface area contributed by atoms with E-state index < -0.39 is 0 Å². The third-order valence-electron chi connectivity index (χ3n) is 5.62. The largest absolute Gasteiger partial charge is 0.490 e. The van der Waals surface area contributed by atoms with Crippen LogP contribution in [0.25, 0.3) is 10.9 Å². The molecule has 2 aliphatic rings. The van der Waals surface area contributed by atoms with Crippen molar-refractivity contribution in [2.75, 3.05) is 19.7 Å². The number of amides is 1. The van der Waals surface area contributed by atoms with Crippen LogP contribution in [-0.2, 0) is 30.7 Å². The van der Waals surface area contributed by atoms with Crippen LogP contribution in [0.15, 0.2) is 42.5 Å². The number of fused-ring (bicyclic) bond motifs is 3. The zero-order valence-corrected chi connectivity index (χ0v) is 15.5. The van der Waals surface area contributed by atoms with E-state index in [0.717, 1.165) is 28.1 Å². The molecule has 0 aliphatic carbocycles. The zero-order valence-electron chi connectivity index (χ0n) is 15.5. The van der Waals surface area contributed by atoms with E-state index in [0.29, 0.717) is 44.5 Å². The van der Waals surface area contributed by atoms with Crippen molar-refractivity contribution < 1.29 is 18.7 Å². The first kappa shape index (κ1) is 17.1. The summed E-state index contributed by atoms with van der Waals surface area (Å²) in [5.41, 5.74) is 3.93. The Morgan fingerprint density at radius 3 is 2.75 bits per heavy atom. The van der Waals surface area contributed by atoms with Crippen LogP contribution in [0.3, 0.4) is 0 Å². The SMILES string of the molecule is O=C(OCc1ccccc1)N1CCc2c(n3c4c(ccc(F)c24)OCC3)CC1. The minimum Gasteiger partial charge on any atom is -0.490 e. The highest BCUT2D eigenvalue weighted by Crippen LogP contribution is 2.38. The van der Waals surface area contributed by atoms with Crippen LogP contribution < -0.4 is 4.74 Å². The lowest BCUT2D eigenvalue weighted by molar-refractivity contribution is 0.0976. The molecule has 0 saturated carbocycles. The summed E-state index contributed by atoms with van der Waals surface area (Å²) in [6.45, 7) is 2.63. The van der Waals surface area contributed by atoms with Gasteiger partial charge in [0.05, 0.1) is 12.1 Å². The second-order valence-electron chi connectivity index (χ2n) is 7.22. The van der Waals surface area contributed by atoms with E-state index in [1.54, 1.807) is 11.0 Å². The van der Waals surface area contributed by atoms with Gasteiger partial charge in [0.15, 0.2) is 0 Å². The van der Waals surface area contributed by atoms with Crippen LogP contribution in [0, 0.1) is 5.82 Å². The number of hydrogen-bond acceptors (Lipinski definition) is 3. The van der Waals surface area contributed by atoms with Gasteiger partial charge in [0.1, 0.15) is 24.8 Å². The maximum atomic E-state index is 14.7. The Balaban J connectivity index is 1.38. The molecule has 3 aromatic rings. The van der Waals surface area contributed by atoms with E-state index >= 15 is 0 Å². The van der Waals surface area contributed by atoms with E-state index in [1.165, 1.54) is 6.07 Å². The monoisotopic (exact) mass is 380 g/mol. The predicted molar refractivity (Wildman–Crippen MR) is 103 cm³/mol. The molecule has 3 heterocycles. The van der Waals surface area contributed by atoms with Gasteiger partial charge in [-0.15, -0.1) is 0 Å². The molecule has 0 N–H and O–H groups in total. The lowest BCUT2D eigenvalue weighted by Gasteiger charge is -2.21. The molecule has 5 rings (SSSR count). The molecule has 2 aromatic carbocycles. The topological polar surface area (TPSA) is 43.7 Å². The van der Waals surface area contributed by atoms with Crippen LogP contribution in [0.2, 0.25) is 0 Å². The lowest BCUT2D eigenvalue weighted by Crippen LogP contribution is -2.34. The summed E-state index contributed by atoms with van der Waals surface area (Å²) in [6, 6.07) is 12.8. The average Bonchev–Trinajstić information content (AvgIpc) is 2.90. The molecule has 0 atom stereocenters. The summed E-state index contributed by atoms with van der Waals surface area (Å²) in [5, 5.41) is 0.645. The van der Waals surface area contributed by atoms with Gasteiger partial charge >= 0.3 is 6.09 Å². The van der Waals surface area contributed by atoms with Crippen LogP contribution >= 0.6 is 0 Å². The molecule has 1 aromatic heterocycles. The highest BCUT2D eigenvalue weighted by atomic mass is 19.1. The van der Waals surface area contributed by atoms with Crippen molar-refractivity contribution in [2.45, 2.75) is 26.0 Å². The minimum absolute atomic E-state index is 0.223. The Hall–Kier alpha value is -3.02. The standard InChI is InChI=1S/C22H21FN2O3/c23-17-6-7-19-21-20(17)16-8-10-24(11-9-18(16)25(21)12-13-27-19)22(26)28-14-15-4-2-1-3-5-15/h1-7H,8-14H2. The molecule has 0 radical (unpaired) electrons. The fourth-order valence-corrected chi connectivity index (χ4v) is 4.30. The molecular formula is C22H21FN2O3. The number of ether oxygens (including phenoxy) is 2. The van der Waals surface area contributed by atoms with E-state index in [-0.39, 0.29) is 18.5 Å². The molecule has 6 heteroatoms. The summed E-state index contributed by atoms with van der Waals surface area (Å²) in [5.74, 6) is 0.522. The molecule has 0 bridgehead atoms. The zero-order chi connectivity index (χ0) is 19.1. The highest BCUT2D eigenvalue weighted by Gasteiger charge is 2.29. The van der Waals surface area contributed by atoms with Crippen LogP contribution in [0.5, 0.6) is 5.75 Å². The Labute approximate surface area is 162 Å².